The third-order valence-electron chi connectivity index (χ3n) is 4.48. The van der Waals surface area contributed by atoms with Crippen LogP contribution < -0.4 is 10.6 Å². The van der Waals surface area contributed by atoms with Crippen molar-refractivity contribution in [1.82, 2.24) is 10.6 Å². The molecule has 2 aliphatic rings. The van der Waals surface area contributed by atoms with E-state index >= 15 is 0 Å². The first-order valence-electron chi connectivity index (χ1n) is 7.35. The fourth-order valence-electron chi connectivity index (χ4n) is 3.39. The summed E-state index contributed by atoms with van der Waals surface area (Å²) in [7, 11) is 0. The van der Waals surface area contributed by atoms with Crippen molar-refractivity contribution in [2.75, 3.05) is 0 Å². The van der Waals surface area contributed by atoms with E-state index in [-0.39, 0.29) is 30.0 Å². The highest BCUT2D eigenvalue weighted by Gasteiger charge is 2.34. The first-order chi connectivity index (χ1) is 10.0. The van der Waals surface area contributed by atoms with E-state index in [1.165, 1.54) is 18.9 Å². The first kappa shape index (κ1) is 16.7. The van der Waals surface area contributed by atoms with Gasteiger partial charge in [0.05, 0.1) is 4.92 Å². The summed E-state index contributed by atoms with van der Waals surface area (Å²) < 4.78 is 0. The molecule has 0 radical (unpaired) electrons. The van der Waals surface area contributed by atoms with Gasteiger partial charge in [0.25, 0.3) is 11.6 Å². The van der Waals surface area contributed by atoms with Gasteiger partial charge in [-0.05, 0) is 38.7 Å². The van der Waals surface area contributed by atoms with Gasteiger partial charge in [-0.15, -0.1) is 12.4 Å². The van der Waals surface area contributed by atoms with Crippen molar-refractivity contribution in [3.63, 3.8) is 0 Å². The molecule has 1 aromatic rings. The normalized spacial score (nSPS) is 26.1. The lowest BCUT2D eigenvalue weighted by Gasteiger charge is -2.29. The van der Waals surface area contributed by atoms with Crippen molar-refractivity contribution in [2.24, 2.45) is 0 Å². The smallest absolute Gasteiger partial charge is 0.273 e. The molecule has 120 valence electrons. The van der Waals surface area contributed by atoms with Crippen LogP contribution in [0, 0.1) is 17.0 Å². The zero-order valence-corrected chi connectivity index (χ0v) is 13.2. The summed E-state index contributed by atoms with van der Waals surface area (Å²) >= 11 is 0. The van der Waals surface area contributed by atoms with E-state index in [1.54, 1.807) is 19.1 Å². The maximum atomic E-state index is 12.3. The minimum atomic E-state index is -0.448. The molecule has 22 heavy (non-hydrogen) atoms. The van der Waals surface area contributed by atoms with Crippen LogP contribution >= 0.6 is 12.4 Å². The number of aryl methyl sites for hydroxylation is 1. The molecule has 2 heterocycles. The summed E-state index contributed by atoms with van der Waals surface area (Å²) in [5, 5.41) is 17.5. The molecule has 2 atom stereocenters. The Labute approximate surface area is 135 Å². The van der Waals surface area contributed by atoms with E-state index in [0.717, 1.165) is 12.8 Å². The highest BCUT2D eigenvalue weighted by molar-refractivity contribution is 5.95. The summed E-state index contributed by atoms with van der Waals surface area (Å²) in [5.41, 5.74) is 0.919. The molecule has 0 aliphatic carbocycles. The second-order valence-corrected chi connectivity index (χ2v) is 6.04. The van der Waals surface area contributed by atoms with Gasteiger partial charge in [-0.1, -0.05) is 6.07 Å². The third-order valence-corrected chi connectivity index (χ3v) is 4.48. The minimum absolute atomic E-state index is 0. The molecular formula is C15H20ClN3O3. The number of carbonyl (C=O) groups excluding carboxylic acids is 1. The summed E-state index contributed by atoms with van der Waals surface area (Å²) in [4.78, 5) is 22.8. The summed E-state index contributed by atoms with van der Waals surface area (Å²) in [6, 6.07) is 5.80. The van der Waals surface area contributed by atoms with Crippen molar-refractivity contribution in [3.8, 4) is 0 Å². The van der Waals surface area contributed by atoms with Gasteiger partial charge in [-0.25, -0.2) is 0 Å². The lowest BCUT2D eigenvalue weighted by Crippen LogP contribution is -2.48. The molecule has 0 saturated carbocycles. The molecule has 1 amide bonds. The molecule has 1 aromatic carbocycles. The maximum absolute atomic E-state index is 12.3. The van der Waals surface area contributed by atoms with Gasteiger partial charge in [0, 0.05) is 35.3 Å². The molecule has 0 aromatic heterocycles. The lowest BCUT2D eigenvalue weighted by atomic mass is 9.99. The Kier molecular flexibility index (Phi) is 5.03. The van der Waals surface area contributed by atoms with Gasteiger partial charge >= 0.3 is 0 Å². The molecule has 2 unspecified atom stereocenters. The Bertz CT molecular complexity index is 581. The Morgan fingerprint density at radius 3 is 2.55 bits per heavy atom. The van der Waals surface area contributed by atoms with Crippen LogP contribution in [0.2, 0.25) is 0 Å². The van der Waals surface area contributed by atoms with E-state index in [0.29, 0.717) is 23.2 Å². The van der Waals surface area contributed by atoms with Crippen LogP contribution in [0.15, 0.2) is 18.2 Å². The highest BCUT2D eigenvalue weighted by atomic mass is 35.5. The summed E-state index contributed by atoms with van der Waals surface area (Å²) in [5.74, 6) is -0.218. The predicted octanol–water partition coefficient (Wildman–Crippen LogP) is 2.34. The summed E-state index contributed by atoms with van der Waals surface area (Å²) in [6.07, 6.45) is 4.23. The molecule has 2 aliphatic heterocycles. The number of nitro benzene ring substituents is 1. The third kappa shape index (κ3) is 3.39. The predicted molar refractivity (Wildman–Crippen MR) is 85.5 cm³/mol. The molecule has 0 spiro atoms. The quantitative estimate of drug-likeness (QED) is 0.660. The molecule has 2 N–H and O–H groups in total. The van der Waals surface area contributed by atoms with Gasteiger partial charge in [-0.3, -0.25) is 14.9 Å². The van der Waals surface area contributed by atoms with Crippen molar-refractivity contribution in [3.05, 3.63) is 39.4 Å². The monoisotopic (exact) mass is 325 g/mol. The van der Waals surface area contributed by atoms with E-state index in [1.807, 2.05) is 0 Å². The lowest BCUT2D eigenvalue weighted by molar-refractivity contribution is -0.385. The van der Waals surface area contributed by atoms with Crippen LogP contribution in [0.25, 0.3) is 0 Å². The molecule has 7 heteroatoms. The van der Waals surface area contributed by atoms with Gasteiger partial charge in [0.15, 0.2) is 0 Å². The molecule has 6 nitrogen and oxygen atoms in total. The number of nitrogens with zero attached hydrogens (tertiary/aromatic N) is 1. The standard InChI is InChI=1S/C15H19N3O3.ClH/c1-9-2-3-10(6-14(9)18(20)21)15(19)17-13-7-11-4-5-12(8-13)16-11;/h2-3,6,11-13,16H,4-5,7-8H2,1H3,(H,17,19);1H. The van der Waals surface area contributed by atoms with Crippen molar-refractivity contribution < 1.29 is 9.72 Å². The zero-order valence-electron chi connectivity index (χ0n) is 12.4. The van der Waals surface area contributed by atoms with Crippen LogP contribution in [-0.4, -0.2) is 29.0 Å². The van der Waals surface area contributed by atoms with Gasteiger partial charge in [0.1, 0.15) is 0 Å². The van der Waals surface area contributed by atoms with Crippen molar-refractivity contribution >= 4 is 24.0 Å². The number of fused-ring (bicyclic) bond motifs is 2. The Balaban J connectivity index is 0.00000176. The molecule has 3 rings (SSSR count). The number of nitrogens with one attached hydrogen (secondary N) is 2. The highest BCUT2D eigenvalue weighted by Crippen LogP contribution is 2.27. The Hall–Kier alpha value is -1.66. The number of benzene rings is 1. The van der Waals surface area contributed by atoms with Crippen LogP contribution in [0.1, 0.15) is 41.6 Å². The van der Waals surface area contributed by atoms with Gasteiger partial charge in [-0.2, -0.15) is 0 Å². The fourth-order valence-corrected chi connectivity index (χ4v) is 3.39. The number of halogens is 1. The van der Waals surface area contributed by atoms with E-state index in [4.69, 9.17) is 0 Å². The molecule has 2 fully saturated rings. The Morgan fingerprint density at radius 2 is 1.95 bits per heavy atom. The van der Waals surface area contributed by atoms with Crippen LogP contribution in [-0.2, 0) is 0 Å². The van der Waals surface area contributed by atoms with E-state index in [9.17, 15) is 14.9 Å². The minimum Gasteiger partial charge on any atom is -0.349 e. The van der Waals surface area contributed by atoms with Crippen LogP contribution in [0.5, 0.6) is 0 Å². The first-order valence-corrected chi connectivity index (χ1v) is 7.35. The van der Waals surface area contributed by atoms with Crippen LogP contribution in [0.4, 0.5) is 5.69 Å². The van der Waals surface area contributed by atoms with E-state index in [2.05, 4.69) is 10.6 Å². The van der Waals surface area contributed by atoms with E-state index < -0.39 is 4.92 Å². The fraction of sp³-hybridized carbons (Fsp3) is 0.533. The van der Waals surface area contributed by atoms with Crippen LogP contribution in [0.3, 0.4) is 0 Å². The number of rotatable bonds is 3. The van der Waals surface area contributed by atoms with Gasteiger partial charge in [0.2, 0.25) is 0 Å². The average molecular weight is 326 g/mol. The van der Waals surface area contributed by atoms with Gasteiger partial charge < -0.3 is 10.6 Å². The summed E-state index contributed by atoms with van der Waals surface area (Å²) in [6.45, 7) is 1.67. The number of nitro groups is 1. The number of hydrogen-bond acceptors (Lipinski definition) is 4. The zero-order chi connectivity index (χ0) is 15.0. The second-order valence-electron chi connectivity index (χ2n) is 6.04. The number of hydrogen-bond donors (Lipinski definition) is 2. The number of amides is 1. The largest absolute Gasteiger partial charge is 0.349 e. The van der Waals surface area contributed by atoms with Crippen molar-refractivity contribution in [2.45, 2.75) is 50.7 Å². The average Bonchev–Trinajstić information content (AvgIpc) is 2.78. The SMILES string of the molecule is Cc1ccc(C(=O)NC2CC3CCC(C2)N3)cc1[N+](=O)[O-].Cl. The maximum Gasteiger partial charge on any atom is 0.273 e. The topological polar surface area (TPSA) is 84.3 Å². The molecular weight excluding hydrogens is 306 g/mol. The Morgan fingerprint density at radius 1 is 1.32 bits per heavy atom. The second kappa shape index (κ2) is 6.62. The molecule has 2 bridgehead atoms. The number of piperidine rings is 1. The molecule has 2 saturated heterocycles. The number of carbonyl (C=O) groups is 1. The van der Waals surface area contributed by atoms with Crippen molar-refractivity contribution in [1.29, 1.82) is 0 Å².